The van der Waals surface area contributed by atoms with Gasteiger partial charge in [-0.05, 0) is 0 Å². The van der Waals surface area contributed by atoms with Crippen LogP contribution in [0.5, 0.6) is 0 Å². The second-order valence-corrected chi connectivity index (χ2v) is 1.73. The third-order valence-electron chi connectivity index (χ3n) is 1.15. The molecule has 0 heterocycles. The Morgan fingerprint density at radius 3 is 1.00 bits per heavy atom. The number of hydrogen-bond acceptors (Lipinski definition) is 0. The van der Waals surface area contributed by atoms with E-state index in [9.17, 15) is 0 Å². The van der Waals surface area contributed by atoms with Crippen molar-refractivity contribution in [1.29, 1.82) is 0 Å². The van der Waals surface area contributed by atoms with Gasteiger partial charge >= 0.3 is 59.1 Å². The maximum Gasteiger partial charge on any atom is 1.00 e. The standard InChI is InChI=1S/C6H10.2Na/c1-2-4-6-5-3-1;;/h1,6H,2-5H2;;/q-2;2*+1. The minimum atomic E-state index is 0. The van der Waals surface area contributed by atoms with Crippen LogP contribution >= 0.6 is 0 Å². The normalized spacial score (nSPS) is 18.0. The molecule has 0 aromatic rings. The summed E-state index contributed by atoms with van der Waals surface area (Å²) in [4.78, 5) is 0. The van der Waals surface area contributed by atoms with Crippen LogP contribution in [0.1, 0.15) is 25.7 Å². The van der Waals surface area contributed by atoms with E-state index in [0.29, 0.717) is 0 Å². The van der Waals surface area contributed by atoms with Crippen LogP contribution in [0.4, 0.5) is 0 Å². The van der Waals surface area contributed by atoms with Gasteiger partial charge in [0.15, 0.2) is 0 Å². The van der Waals surface area contributed by atoms with Crippen molar-refractivity contribution < 1.29 is 59.1 Å². The Kier molecular flexibility index (Phi) is 14.2. The van der Waals surface area contributed by atoms with E-state index >= 15 is 0 Å². The van der Waals surface area contributed by atoms with Crippen molar-refractivity contribution in [2.45, 2.75) is 25.7 Å². The monoisotopic (exact) mass is 128 g/mol. The van der Waals surface area contributed by atoms with Gasteiger partial charge in [-0.25, -0.2) is 25.7 Å². The maximum absolute atomic E-state index is 2.36. The molecule has 0 atom stereocenters. The van der Waals surface area contributed by atoms with Crippen molar-refractivity contribution in [2.24, 2.45) is 0 Å². The molecule has 0 bridgehead atoms. The van der Waals surface area contributed by atoms with E-state index in [4.69, 9.17) is 0 Å². The smallest absolute Gasteiger partial charge is 0.333 e. The van der Waals surface area contributed by atoms with Gasteiger partial charge < -0.3 is 12.8 Å². The van der Waals surface area contributed by atoms with E-state index in [1.807, 2.05) is 0 Å². The predicted octanol–water partition coefficient (Wildman–Crippen LogP) is -4.02. The Hall–Kier alpha value is 2.00. The molecule has 36 valence electrons. The Morgan fingerprint density at radius 2 is 0.875 bits per heavy atom. The molecule has 0 saturated heterocycles. The maximum atomic E-state index is 2.36. The molecule has 0 aliphatic heterocycles. The van der Waals surface area contributed by atoms with Gasteiger partial charge in [-0.15, -0.1) is 0 Å². The topological polar surface area (TPSA) is 0 Å². The average Bonchev–Trinajstić information content (AvgIpc) is 1.72. The molecule has 1 aliphatic carbocycles. The number of hydrogen-bond donors (Lipinski definition) is 0. The first-order chi connectivity index (χ1) is 3.00. The molecule has 0 spiro atoms. The van der Waals surface area contributed by atoms with Gasteiger partial charge in [-0.2, -0.15) is 0 Å². The zero-order valence-corrected chi connectivity index (χ0v) is 9.98. The average molecular weight is 128 g/mol. The van der Waals surface area contributed by atoms with Crippen molar-refractivity contribution >= 4 is 0 Å². The molecule has 1 rings (SSSR count). The minimum absolute atomic E-state index is 0. The summed E-state index contributed by atoms with van der Waals surface area (Å²) in [5.41, 5.74) is 0. The molecule has 0 nitrogen and oxygen atoms in total. The molecule has 0 aromatic carbocycles. The Morgan fingerprint density at radius 1 is 0.625 bits per heavy atom. The van der Waals surface area contributed by atoms with Gasteiger partial charge in [0.05, 0.1) is 0 Å². The molecule has 0 aromatic heterocycles. The van der Waals surface area contributed by atoms with Gasteiger partial charge in [-0.3, -0.25) is 0 Å². The molecule has 8 heavy (non-hydrogen) atoms. The summed E-state index contributed by atoms with van der Waals surface area (Å²) < 4.78 is 0. The second kappa shape index (κ2) is 9.00. The largest absolute Gasteiger partial charge is 1.00 e. The predicted molar refractivity (Wildman–Crippen MR) is 27.1 cm³/mol. The van der Waals surface area contributed by atoms with Crippen LogP contribution in [-0.2, 0) is 0 Å². The van der Waals surface area contributed by atoms with E-state index in [0.717, 1.165) is 0 Å². The molecule has 0 amide bonds. The van der Waals surface area contributed by atoms with Gasteiger partial charge in [0.25, 0.3) is 0 Å². The fourth-order valence-electron chi connectivity index (χ4n) is 0.760. The number of rotatable bonds is 0. The van der Waals surface area contributed by atoms with E-state index in [2.05, 4.69) is 12.8 Å². The van der Waals surface area contributed by atoms with Crippen LogP contribution in [-0.4, -0.2) is 0 Å². The molecule has 2 heteroatoms. The summed E-state index contributed by atoms with van der Waals surface area (Å²) in [5.74, 6) is 0. The van der Waals surface area contributed by atoms with Crippen LogP contribution in [0, 0.1) is 12.8 Å². The molecule has 0 radical (unpaired) electrons. The summed E-state index contributed by atoms with van der Waals surface area (Å²) in [6.07, 6.45) is 10.0. The van der Waals surface area contributed by atoms with E-state index in [1.165, 1.54) is 25.7 Å². The van der Waals surface area contributed by atoms with Gasteiger partial charge in [-0.1, -0.05) is 0 Å². The van der Waals surface area contributed by atoms with Crippen LogP contribution in [0.3, 0.4) is 0 Å². The SMILES string of the molecule is [CH-]1CC[CH-]CC1.[Na+].[Na+]. The molecule has 0 N–H and O–H groups in total. The zero-order chi connectivity index (χ0) is 4.24. The van der Waals surface area contributed by atoms with Crippen molar-refractivity contribution in [3.63, 3.8) is 0 Å². The fraction of sp³-hybridized carbons (Fsp3) is 0.667. The zero-order valence-electron chi connectivity index (χ0n) is 5.98. The molecule has 1 aliphatic rings. The summed E-state index contributed by atoms with van der Waals surface area (Å²) in [5, 5.41) is 0. The second-order valence-electron chi connectivity index (χ2n) is 1.73. The van der Waals surface area contributed by atoms with Gasteiger partial charge in [0.1, 0.15) is 0 Å². The van der Waals surface area contributed by atoms with Crippen molar-refractivity contribution in [1.82, 2.24) is 0 Å². The molecular weight excluding hydrogens is 118 g/mol. The molecular formula is C6H10Na2. The van der Waals surface area contributed by atoms with E-state index in [-0.39, 0.29) is 59.1 Å². The summed E-state index contributed by atoms with van der Waals surface area (Å²) >= 11 is 0. The van der Waals surface area contributed by atoms with E-state index in [1.54, 1.807) is 0 Å². The molecule has 1 saturated carbocycles. The third kappa shape index (κ3) is 6.12. The summed E-state index contributed by atoms with van der Waals surface area (Å²) in [6.45, 7) is 0. The minimum Gasteiger partial charge on any atom is -0.333 e. The summed E-state index contributed by atoms with van der Waals surface area (Å²) in [6, 6.07) is 0. The molecule has 1 fully saturated rings. The first-order valence-corrected chi connectivity index (χ1v) is 2.63. The van der Waals surface area contributed by atoms with Crippen LogP contribution in [0.25, 0.3) is 0 Å². The van der Waals surface area contributed by atoms with E-state index < -0.39 is 0 Å². The quantitative estimate of drug-likeness (QED) is 0.230. The van der Waals surface area contributed by atoms with Gasteiger partial charge in [0.2, 0.25) is 0 Å². The van der Waals surface area contributed by atoms with Crippen molar-refractivity contribution in [2.75, 3.05) is 0 Å². The fourth-order valence-corrected chi connectivity index (χ4v) is 0.760. The first kappa shape index (κ1) is 12.7. The molecule has 0 unspecified atom stereocenters. The Balaban J connectivity index is 0. The van der Waals surface area contributed by atoms with Crippen molar-refractivity contribution in [3.8, 4) is 0 Å². The first-order valence-electron chi connectivity index (χ1n) is 2.63. The third-order valence-corrected chi connectivity index (χ3v) is 1.15. The Labute approximate surface area is 96.4 Å². The van der Waals surface area contributed by atoms with Crippen LogP contribution < -0.4 is 59.1 Å². The van der Waals surface area contributed by atoms with Crippen LogP contribution in [0.15, 0.2) is 0 Å². The Bertz CT molecular complexity index is 22.0. The summed E-state index contributed by atoms with van der Waals surface area (Å²) in [7, 11) is 0. The van der Waals surface area contributed by atoms with Gasteiger partial charge in [0, 0.05) is 0 Å². The van der Waals surface area contributed by atoms with Crippen molar-refractivity contribution in [3.05, 3.63) is 12.8 Å². The van der Waals surface area contributed by atoms with Crippen LogP contribution in [0.2, 0.25) is 0 Å².